The number of halogens is 2. The maximum atomic E-state index is 13.7. The summed E-state index contributed by atoms with van der Waals surface area (Å²) in [6, 6.07) is 11.0. The molecule has 10 heteroatoms. The Hall–Kier alpha value is -3.40. The van der Waals surface area contributed by atoms with E-state index in [9.17, 15) is 13.6 Å². The first kappa shape index (κ1) is 19.9. The van der Waals surface area contributed by atoms with Gasteiger partial charge in [-0.1, -0.05) is 46.8 Å². The van der Waals surface area contributed by atoms with Crippen LogP contribution < -0.4 is 5.32 Å². The predicted molar refractivity (Wildman–Crippen MR) is 109 cm³/mol. The second-order valence-corrected chi connectivity index (χ2v) is 7.51. The third kappa shape index (κ3) is 4.43. The van der Waals surface area contributed by atoms with Crippen LogP contribution in [0.15, 0.2) is 53.8 Å². The molecule has 0 bridgehead atoms. The van der Waals surface area contributed by atoms with Crippen LogP contribution in [0.2, 0.25) is 0 Å². The van der Waals surface area contributed by atoms with Gasteiger partial charge in [0.25, 0.3) is 0 Å². The molecule has 0 saturated carbocycles. The van der Waals surface area contributed by atoms with Gasteiger partial charge < -0.3 is 5.32 Å². The first-order valence-corrected chi connectivity index (χ1v) is 9.95. The van der Waals surface area contributed by atoms with Crippen molar-refractivity contribution in [1.29, 1.82) is 0 Å². The number of carbonyl (C=O) groups excluding carboxylic acids is 1. The molecule has 0 saturated heterocycles. The highest BCUT2D eigenvalue weighted by molar-refractivity contribution is 8.00. The monoisotopic (exact) mass is 426 g/mol. The van der Waals surface area contributed by atoms with Crippen molar-refractivity contribution in [1.82, 2.24) is 25.0 Å². The Morgan fingerprint density at radius 1 is 1.13 bits per heavy atom. The highest BCUT2D eigenvalue weighted by Gasteiger charge is 2.15. The molecule has 2 aromatic carbocycles. The average Bonchev–Trinajstić information content (AvgIpc) is 3.14. The third-order valence-corrected chi connectivity index (χ3v) is 5.24. The molecular formula is C20H16F2N6OS. The lowest BCUT2D eigenvalue weighted by atomic mass is 10.1. The zero-order chi connectivity index (χ0) is 21.1. The fraction of sp³-hybridized carbons (Fsp3) is 0.150. The van der Waals surface area contributed by atoms with Crippen LogP contribution in [0.3, 0.4) is 0 Å². The maximum Gasteiger partial charge on any atom is 0.234 e. The Bertz CT molecular complexity index is 1210. The molecule has 0 spiro atoms. The summed E-state index contributed by atoms with van der Waals surface area (Å²) in [6.07, 6.45) is 1.39. The van der Waals surface area contributed by atoms with Crippen molar-refractivity contribution >= 4 is 34.5 Å². The van der Waals surface area contributed by atoms with E-state index in [1.165, 1.54) is 18.0 Å². The van der Waals surface area contributed by atoms with E-state index in [1.807, 2.05) is 31.2 Å². The molecule has 1 amide bonds. The number of thioether (sulfide) groups is 1. The number of aryl methyl sites for hydroxylation is 1. The average molecular weight is 426 g/mol. The summed E-state index contributed by atoms with van der Waals surface area (Å²) in [7, 11) is 0. The number of benzene rings is 2. The highest BCUT2D eigenvalue weighted by atomic mass is 32.2. The Balaban J connectivity index is 1.46. The lowest BCUT2D eigenvalue weighted by molar-refractivity contribution is -0.113. The van der Waals surface area contributed by atoms with Crippen molar-refractivity contribution in [2.24, 2.45) is 0 Å². The molecular weight excluding hydrogens is 410 g/mol. The molecule has 0 aliphatic rings. The minimum absolute atomic E-state index is 0.0340. The van der Waals surface area contributed by atoms with Gasteiger partial charge in [-0.25, -0.2) is 23.4 Å². The molecule has 0 aliphatic carbocycles. The number of nitrogens with one attached hydrogen (secondary N) is 1. The molecule has 4 rings (SSSR count). The second kappa shape index (κ2) is 8.54. The molecule has 4 aromatic rings. The zero-order valence-corrected chi connectivity index (χ0v) is 16.7. The van der Waals surface area contributed by atoms with Gasteiger partial charge in [-0.2, -0.15) is 0 Å². The van der Waals surface area contributed by atoms with Gasteiger partial charge in [0.15, 0.2) is 11.2 Å². The van der Waals surface area contributed by atoms with Crippen molar-refractivity contribution in [3.63, 3.8) is 0 Å². The summed E-state index contributed by atoms with van der Waals surface area (Å²) in [5.41, 5.74) is 3.18. The minimum Gasteiger partial charge on any atom is -0.323 e. The van der Waals surface area contributed by atoms with E-state index in [4.69, 9.17) is 0 Å². The molecule has 7 nitrogen and oxygen atoms in total. The summed E-state index contributed by atoms with van der Waals surface area (Å²) in [4.78, 5) is 20.6. The van der Waals surface area contributed by atoms with Gasteiger partial charge >= 0.3 is 0 Å². The molecule has 30 heavy (non-hydrogen) atoms. The van der Waals surface area contributed by atoms with E-state index in [1.54, 1.807) is 4.68 Å². The summed E-state index contributed by atoms with van der Waals surface area (Å²) in [6.45, 7) is 2.52. The molecule has 0 fully saturated rings. The van der Waals surface area contributed by atoms with Gasteiger partial charge in [0.2, 0.25) is 5.91 Å². The first-order valence-electron chi connectivity index (χ1n) is 8.97. The first-order chi connectivity index (χ1) is 14.5. The molecule has 2 heterocycles. The van der Waals surface area contributed by atoms with Crippen LogP contribution in [-0.4, -0.2) is 36.6 Å². The van der Waals surface area contributed by atoms with Crippen LogP contribution in [0.4, 0.5) is 14.5 Å². The van der Waals surface area contributed by atoms with Crippen LogP contribution >= 0.6 is 11.8 Å². The Kier molecular flexibility index (Phi) is 5.66. The smallest absolute Gasteiger partial charge is 0.234 e. The SMILES string of the molecule is Cc1ccc(Cn2nnc3c(SCC(=O)Nc4ccc(F)cc4F)ncnc32)cc1. The van der Waals surface area contributed by atoms with E-state index >= 15 is 0 Å². The molecule has 2 aromatic heterocycles. The van der Waals surface area contributed by atoms with E-state index < -0.39 is 17.5 Å². The van der Waals surface area contributed by atoms with E-state index in [0.717, 1.165) is 23.4 Å². The van der Waals surface area contributed by atoms with Crippen LogP contribution in [0.1, 0.15) is 11.1 Å². The number of hydrogen-bond donors (Lipinski definition) is 1. The minimum atomic E-state index is -0.836. The van der Waals surface area contributed by atoms with Crippen LogP contribution in [0.25, 0.3) is 11.2 Å². The van der Waals surface area contributed by atoms with Crippen molar-refractivity contribution in [2.45, 2.75) is 18.5 Å². The van der Waals surface area contributed by atoms with Gasteiger partial charge in [-0.3, -0.25) is 4.79 Å². The maximum absolute atomic E-state index is 13.7. The summed E-state index contributed by atoms with van der Waals surface area (Å²) in [5.74, 6) is -2.04. The number of carbonyl (C=O) groups is 1. The van der Waals surface area contributed by atoms with Gasteiger partial charge in [-0.05, 0) is 24.6 Å². The topological polar surface area (TPSA) is 85.6 Å². The summed E-state index contributed by atoms with van der Waals surface area (Å²) in [5, 5.41) is 11.2. The van der Waals surface area contributed by atoms with Crippen LogP contribution in [0, 0.1) is 18.6 Å². The summed E-state index contributed by atoms with van der Waals surface area (Å²) >= 11 is 1.13. The number of rotatable bonds is 6. The lowest BCUT2D eigenvalue weighted by Crippen LogP contribution is -2.15. The van der Waals surface area contributed by atoms with Crippen molar-refractivity contribution in [2.75, 3.05) is 11.1 Å². The third-order valence-electron chi connectivity index (χ3n) is 4.26. The number of amides is 1. The van der Waals surface area contributed by atoms with Gasteiger partial charge in [0.05, 0.1) is 18.0 Å². The van der Waals surface area contributed by atoms with Crippen LogP contribution in [0.5, 0.6) is 0 Å². The normalized spacial score (nSPS) is 11.0. The van der Waals surface area contributed by atoms with Crippen LogP contribution in [-0.2, 0) is 11.3 Å². The molecule has 0 atom stereocenters. The Morgan fingerprint density at radius 3 is 2.70 bits per heavy atom. The standard InChI is InChI=1S/C20H16F2N6OS/c1-12-2-4-13(5-3-12)9-28-19-18(26-27-28)20(24-11-23-19)30-10-17(29)25-16-7-6-14(21)8-15(16)22/h2-8,11H,9-10H2,1H3,(H,25,29). The predicted octanol–water partition coefficient (Wildman–Crippen LogP) is 3.59. The fourth-order valence-corrected chi connectivity index (χ4v) is 3.49. The molecule has 1 N–H and O–H groups in total. The molecule has 0 radical (unpaired) electrons. The fourth-order valence-electron chi connectivity index (χ4n) is 2.76. The van der Waals surface area contributed by atoms with Crippen molar-refractivity contribution in [3.8, 4) is 0 Å². The van der Waals surface area contributed by atoms with Gasteiger partial charge in [-0.15, -0.1) is 5.10 Å². The van der Waals surface area contributed by atoms with Gasteiger partial charge in [0, 0.05) is 6.07 Å². The zero-order valence-electron chi connectivity index (χ0n) is 15.8. The van der Waals surface area contributed by atoms with Crippen molar-refractivity contribution in [3.05, 3.63) is 71.6 Å². The second-order valence-electron chi connectivity index (χ2n) is 6.54. The van der Waals surface area contributed by atoms with E-state index in [-0.39, 0.29) is 11.4 Å². The molecule has 0 unspecified atom stereocenters. The van der Waals surface area contributed by atoms with E-state index in [0.29, 0.717) is 28.8 Å². The largest absolute Gasteiger partial charge is 0.323 e. The van der Waals surface area contributed by atoms with Crippen molar-refractivity contribution < 1.29 is 13.6 Å². The van der Waals surface area contributed by atoms with E-state index in [2.05, 4.69) is 25.6 Å². The number of aromatic nitrogens is 5. The lowest BCUT2D eigenvalue weighted by Gasteiger charge is -2.06. The number of fused-ring (bicyclic) bond motifs is 1. The quantitative estimate of drug-likeness (QED) is 0.375. The Morgan fingerprint density at radius 2 is 1.93 bits per heavy atom. The summed E-state index contributed by atoms with van der Waals surface area (Å²) < 4.78 is 28.3. The highest BCUT2D eigenvalue weighted by Crippen LogP contribution is 2.23. The number of anilines is 1. The number of hydrogen-bond acceptors (Lipinski definition) is 6. The molecule has 0 aliphatic heterocycles. The van der Waals surface area contributed by atoms with Gasteiger partial charge in [0.1, 0.15) is 23.0 Å². The Labute approximate surface area is 174 Å². The molecule has 152 valence electrons. The number of nitrogens with zero attached hydrogens (tertiary/aromatic N) is 5.